The number of nitrogens with zero attached hydrogens (tertiary/aromatic N) is 2. The molecule has 8 nitrogen and oxygen atoms in total. The van der Waals surface area contributed by atoms with Gasteiger partial charge in [-0.25, -0.2) is 8.42 Å². The molecule has 0 unspecified atom stereocenters. The van der Waals surface area contributed by atoms with Crippen molar-refractivity contribution in [3.8, 4) is 0 Å². The predicted octanol–water partition coefficient (Wildman–Crippen LogP) is 3.04. The monoisotopic (exact) mass is 389 g/mol. The van der Waals surface area contributed by atoms with Crippen molar-refractivity contribution < 1.29 is 13.2 Å². The summed E-state index contributed by atoms with van der Waals surface area (Å²) in [5.41, 5.74) is 1.44. The number of anilines is 4. The van der Waals surface area contributed by atoms with Crippen molar-refractivity contribution in [3.05, 3.63) is 53.9 Å². The van der Waals surface area contributed by atoms with Gasteiger partial charge < -0.3 is 10.6 Å². The molecule has 0 spiro atoms. The Bertz CT molecular complexity index is 985. The first-order chi connectivity index (χ1) is 12.4. The molecular weight excluding hydrogens is 374 g/mol. The molecule has 1 amide bonds. The fourth-order valence-corrected chi connectivity index (χ4v) is 4.04. The van der Waals surface area contributed by atoms with E-state index in [1.165, 1.54) is 19.1 Å². The molecule has 0 fully saturated rings. The molecule has 3 rings (SSSR count). The van der Waals surface area contributed by atoms with Crippen molar-refractivity contribution in [1.29, 1.82) is 0 Å². The maximum absolute atomic E-state index is 12.1. The molecule has 0 saturated heterocycles. The average molecular weight is 389 g/mol. The van der Waals surface area contributed by atoms with Crippen LogP contribution >= 0.6 is 11.3 Å². The lowest BCUT2D eigenvalue weighted by molar-refractivity contribution is -0.114. The topological polar surface area (TPSA) is 113 Å². The maximum Gasteiger partial charge on any atom is 0.272 e. The largest absolute Gasteiger partial charge is 0.339 e. The third-order valence-electron chi connectivity index (χ3n) is 3.14. The number of sulfonamides is 1. The molecule has 0 atom stereocenters. The van der Waals surface area contributed by atoms with Crippen molar-refractivity contribution >= 4 is 50.3 Å². The zero-order valence-electron chi connectivity index (χ0n) is 13.6. The third-order valence-corrected chi connectivity index (χ3v) is 5.89. The molecule has 0 aliphatic rings. The molecule has 10 heteroatoms. The standard InChI is InChI=1S/C16H15N5O3S2/c1-11(22)17-12-4-6-13(7-5-12)18-14-8-9-15(20-19-14)21-26(23,24)16-3-2-10-25-16/h2-10H,1H3,(H,17,22)(H,18,19)(H,20,21). The molecule has 3 N–H and O–H groups in total. The van der Waals surface area contributed by atoms with Crippen LogP contribution in [0, 0.1) is 0 Å². The molecule has 0 saturated carbocycles. The van der Waals surface area contributed by atoms with Gasteiger partial charge in [-0.05, 0) is 47.8 Å². The van der Waals surface area contributed by atoms with Gasteiger partial charge in [-0.3, -0.25) is 9.52 Å². The predicted molar refractivity (Wildman–Crippen MR) is 101 cm³/mol. The zero-order chi connectivity index (χ0) is 18.6. The Labute approximate surface area is 154 Å². The van der Waals surface area contributed by atoms with Gasteiger partial charge in [0.05, 0.1) is 0 Å². The normalized spacial score (nSPS) is 11.0. The van der Waals surface area contributed by atoms with E-state index in [9.17, 15) is 13.2 Å². The van der Waals surface area contributed by atoms with Crippen molar-refractivity contribution in [3.63, 3.8) is 0 Å². The van der Waals surface area contributed by atoms with Crippen LogP contribution < -0.4 is 15.4 Å². The van der Waals surface area contributed by atoms with E-state index in [0.717, 1.165) is 17.0 Å². The number of aromatic nitrogens is 2. The van der Waals surface area contributed by atoms with Crippen LogP contribution in [0.3, 0.4) is 0 Å². The summed E-state index contributed by atoms with van der Waals surface area (Å²) < 4.78 is 26.9. The highest BCUT2D eigenvalue weighted by atomic mass is 32.2. The summed E-state index contributed by atoms with van der Waals surface area (Å²) in [6, 6.07) is 13.4. The Kier molecular flexibility index (Phi) is 5.14. The van der Waals surface area contributed by atoms with Crippen LogP contribution in [0.2, 0.25) is 0 Å². The third kappa shape index (κ3) is 4.55. The summed E-state index contributed by atoms with van der Waals surface area (Å²) in [5.74, 6) is 0.443. The summed E-state index contributed by atoms with van der Waals surface area (Å²) in [7, 11) is -3.65. The summed E-state index contributed by atoms with van der Waals surface area (Å²) in [5, 5.41) is 15.2. The smallest absolute Gasteiger partial charge is 0.272 e. The maximum atomic E-state index is 12.1. The first-order valence-electron chi connectivity index (χ1n) is 7.47. The van der Waals surface area contributed by atoms with Crippen LogP contribution in [0.25, 0.3) is 0 Å². The molecule has 0 aliphatic carbocycles. The van der Waals surface area contributed by atoms with Crippen LogP contribution in [0.15, 0.2) is 58.1 Å². The van der Waals surface area contributed by atoms with Crippen LogP contribution in [-0.2, 0) is 14.8 Å². The molecule has 1 aromatic carbocycles. The molecular formula is C16H15N5O3S2. The van der Waals surface area contributed by atoms with Gasteiger partial charge in [-0.1, -0.05) is 6.07 Å². The van der Waals surface area contributed by atoms with Crippen LogP contribution in [0.4, 0.5) is 23.0 Å². The fourth-order valence-electron chi connectivity index (χ4n) is 2.05. The number of hydrogen-bond donors (Lipinski definition) is 3. The molecule has 26 heavy (non-hydrogen) atoms. The van der Waals surface area contributed by atoms with Crippen LogP contribution in [-0.4, -0.2) is 24.5 Å². The molecule has 0 bridgehead atoms. The van der Waals surface area contributed by atoms with E-state index in [0.29, 0.717) is 11.5 Å². The Morgan fingerprint density at radius 2 is 1.62 bits per heavy atom. The quantitative estimate of drug-likeness (QED) is 0.597. The van der Waals surface area contributed by atoms with Crippen LogP contribution in [0.1, 0.15) is 6.92 Å². The number of amides is 1. The Balaban J connectivity index is 1.65. The van der Waals surface area contributed by atoms with Gasteiger partial charge in [-0.15, -0.1) is 21.5 Å². The van der Waals surface area contributed by atoms with Crippen molar-refractivity contribution in [2.75, 3.05) is 15.4 Å². The summed E-state index contributed by atoms with van der Waals surface area (Å²) in [6.07, 6.45) is 0. The number of carbonyl (C=O) groups is 1. The molecule has 134 valence electrons. The van der Waals surface area contributed by atoms with Gasteiger partial charge >= 0.3 is 0 Å². The minimum Gasteiger partial charge on any atom is -0.339 e. The Morgan fingerprint density at radius 3 is 2.19 bits per heavy atom. The van der Waals surface area contributed by atoms with E-state index in [2.05, 4.69) is 25.6 Å². The van der Waals surface area contributed by atoms with Gasteiger partial charge in [0.25, 0.3) is 10.0 Å². The SMILES string of the molecule is CC(=O)Nc1ccc(Nc2ccc(NS(=O)(=O)c3cccs3)nn2)cc1. The number of thiophene rings is 1. The number of nitrogens with one attached hydrogen (secondary N) is 3. The zero-order valence-corrected chi connectivity index (χ0v) is 15.3. The van der Waals surface area contributed by atoms with Crippen molar-refractivity contribution in [1.82, 2.24) is 10.2 Å². The van der Waals surface area contributed by atoms with E-state index >= 15 is 0 Å². The Morgan fingerprint density at radius 1 is 0.962 bits per heavy atom. The number of carbonyl (C=O) groups excluding carboxylic acids is 1. The second-order valence-electron chi connectivity index (χ2n) is 5.22. The van der Waals surface area contributed by atoms with E-state index in [4.69, 9.17) is 0 Å². The molecule has 3 aromatic rings. The minimum absolute atomic E-state index is 0.130. The first kappa shape index (κ1) is 17.8. The highest BCUT2D eigenvalue weighted by Gasteiger charge is 2.15. The van der Waals surface area contributed by atoms with Gasteiger partial charge in [0.15, 0.2) is 11.6 Å². The van der Waals surface area contributed by atoms with Crippen molar-refractivity contribution in [2.45, 2.75) is 11.1 Å². The lowest BCUT2D eigenvalue weighted by atomic mass is 10.2. The van der Waals surface area contributed by atoms with Gasteiger partial charge in [0.1, 0.15) is 4.21 Å². The molecule has 2 aromatic heterocycles. The van der Waals surface area contributed by atoms with Gasteiger partial charge in [0.2, 0.25) is 5.91 Å². The highest BCUT2D eigenvalue weighted by molar-refractivity contribution is 7.94. The number of benzene rings is 1. The first-order valence-corrected chi connectivity index (χ1v) is 9.83. The Hall–Kier alpha value is -2.98. The molecule has 0 radical (unpaired) electrons. The number of hydrogen-bond acceptors (Lipinski definition) is 7. The van der Waals surface area contributed by atoms with E-state index in [1.54, 1.807) is 41.8 Å². The van der Waals surface area contributed by atoms with E-state index in [1.807, 2.05) is 0 Å². The van der Waals surface area contributed by atoms with Crippen molar-refractivity contribution in [2.24, 2.45) is 0 Å². The van der Waals surface area contributed by atoms with Gasteiger partial charge in [-0.2, -0.15) is 0 Å². The molecule has 2 heterocycles. The average Bonchev–Trinajstić information content (AvgIpc) is 3.13. The van der Waals surface area contributed by atoms with Gasteiger partial charge in [0, 0.05) is 18.3 Å². The van der Waals surface area contributed by atoms with Crippen LogP contribution in [0.5, 0.6) is 0 Å². The summed E-state index contributed by atoms with van der Waals surface area (Å²) in [4.78, 5) is 11.0. The van der Waals surface area contributed by atoms with E-state index in [-0.39, 0.29) is 15.9 Å². The fraction of sp³-hybridized carbons (Fsp3) is 0.0625. The molecule has 0 aliphatic heterocycles. The number of rotatable bonds is 6. The lowest BCUT2D eigenvalue weighted by Crippen LogP contribution is -2.13. The second kappa shape index (κ2) is 7.50. The highest BCUT2D eigenvalue weighted by Crippen LogP contribution is 2.20. The summed E-state index contributed by atoms with van der Waals surface area (Å²) in [6.45, 7) is 1.44. The summed E-state index contributed by atoms with van der Waals surface area (Å²) >= 11 is 1.12. The lowest BCUT2D eigenvalue weighted by Gasteiger charge is -2.08. The van der Waals surface area contributed by atoms with E-state index < -0.39 is 10.0 Å². The second-order valence-corrected chi connectivity index (χ2v) is 8.08. The minimum atomic E-state index is -3.65.